The van der Waals surface area contributed by atoms with Crippen molar-refractivity contribution in [1.82, 2.24) is 4.90 Å². The van der Waals surface area contributed by atoms with E-state index in [1.165, 1.54) is 5.69 Å². The Labute approximate surface area is 171 Å². The molecule has 0 unspecified atom stereocenters. The molecule has 2 saturated heterocycles. The second-order valence-corrected chi connectivity index (χ2v) is 7.53. The van der Waals surface area contributed by atoms with Gasteiger partial charge in [0.2, 0.25) is 5.91 Å². The molecule has 4 rings (SSSR count). The Bertz CT molecular complexity index is 889. The Morgan fingerprint density at radius 2 is 1.66 bits per heavy atom. The zero-order valence-electron chi connectivity index (χ0n) is 16.8. The predicted octanol–water partition coefficient (Wildman–Crippen LogP) is 2.88. The third-order valence-electron chi connectivity index (χ3n) is 5.89. The van der Waals surface area contributed by atoms with Gasteiger partial charge in [0, 0.05) is 44.1 Å². The van der Waals surface area contributed by atoms with E-state index in [4.69, 9.17) is 10.00 Å². The lowest BCUT2D eigenvalue weighted by Crippen LogP contribution is -2.43. The molecule has 0 bridgehead atoms. The monoisotopic (exact) mass is 390 g/mol. The van der Waals surface area contributed by atoms with Gasteiger partial charge in [0.05, 0.1) is 24.8 Å². The molecule has 2 heterocycles. The van der Waals surface area contributed by atoms with E-state index >= 15 is 0 Å². The lowest BCUT2D eigenvalue weighted by Gasteiger charge is -2.27. The molecule has 6 heteroatoms. The Hall–Kier alpha value is -3.04. The van der Waals surface area contributed by atoms with Gasteiger partial charge < -0.3 is 14.5 Å². The number of carbonyl (C=O) groups is 1. The van der Waals surface area contributed by atoms with Crippen molar-refractivity contribution in [1.29, 1.82) is 5.26 Å². The maximum Gasteiger partial charge on any atom is 0.244 e. The fourth-order valence-electron chi connectivity index (χ4n) is 4.28. The smallest absolute Gasteiger partial charge is 0.244 e. The van der Waals surface area contributed by atoms with Gasteiger partial charge in [0.1, 0.15) is 5.75 Å². The van der Waals surface area contributed by atoms with E-state index in [0.29, 0.717) is 5.56 Å². The maximum atomic E-state index is 13.1. The highest BCUT2D eigenvalue weighted by Crippen LogP contribution is 2.26. The van der Waals surface area contributed by atoms with Crippen LogP contribution in [0.4, 0.5) is 11.4 Å². The predicted molar refractivity (Wildman–Crippen MR) is 113 cm³/mol. The first-order valence-corrected chi connectivity index (χ1v) is 10.1. The Kier molecular flexibility index (Phi) is 5.68. The van der Waals surface area contributed by atoms with Crippen LogP contribution in [-0.4, -0.2) is 56.7 Å². The number of hydrogen-bond acceptors (Lipinski definition) is 5. The fraction of sp³-hybridized carbons (Fsp3) is 0.391. The van der Waals surface area contributed by atoms with Crippen LogP contribution in [0.1, 0.15) is 18.4 Å². The van der Waals surface area contributed by atoms with Gasteiger partial charge >= 0.3 is 0 Å². The van der Waals surface area contributed by atoms with E-state index < -0.39 is 0 Å². The van der Waals surface area contributed by atoms with Gasteiger partial charge in [-0.15, -0.1) is 0 Å². The van der Waals surface area contributed by atoms with Crippen molar-refractivity contribution >= 4 is 17.3 Å². The lowest BCUT2D eigenvalue weighted by atomic mass is 10.2. The molecule has 0 N–H and O–H groups in total. The first-order chi connectivity index (χ1) is 14.2. The van der Waals surface area contributed by atoms with Crippen LogP contribution < -0.4 is 14.5 Å². The maximum absolute atomic E-state index is 13.1. The van der Waals surface area contributed by atoms with Gasteiger partial charge in [-0.3, -0.25) is 9.69 Å². The van der Waals surface area contributed by atoms with Crippen LogP contribution in [0.2, 0.25) is 0 Å². The van der Waals surface area contributed by atoms with Crippen molar-refractivity contribution in [3.8, 4) is 11.8 Å². The Balaban J connectivity index is 1.40. The summed E-state index contributed by atoms with van der Waals surface area (Å²) in [7, 11) is 1.68. The topological polar surface area (TPSA) is 59.8 Å². The summed E-state index contributed by atoms with van der Waals surface area (Å²) >= 11 is 0. The molecule has 0 aliphatic carbocycles. The molecule has 2 aromatic carbocycles. The van der Waals surface area contributed by atoms with Gasteiger partial charge in [-0.1, -0.05) is 0 Å². The molecular formula is C23H26N4O2. The largest absolute Gasteiger partial charge is 0.497 e. The molecule has 2 aliphatic heterocycles. The van der Waals surface area contributed by atoms with Gasteiger partial charge in [0.25, 0.3) is 0 Å². The summed E-state index contributed by atoms with van der Waals surface area (Å²) in [6, 6.07) is 17.5. The van der Waals surface area contributed by atoms with Crippen LogP contribution in [0.3, 0.4) is 0 Å². The summed E-state index contributed by atoms with van der Waals surface area (Å²) in [5.74, 6) is 1.04. The minimum Gasteiger partial charge on any atom is -0.497 e. The highest BCUT2D eigenvalue weighted by molar-refractivity contribution is 5.99. The number of carbonyl (C=O) groups excluding carboxylic acids is 1. The van der Waals surface area contributed by atoms with Gasteiger partial charge in [-0.2, -0.15) is 5.26 Å². The number of anilines is 2. The van der Waals surface area contributed by atoms with E-state index in [0.717, 1.165) is 57.0 Å². The van der Waals surface area contributed by atoms with Crippen molar-refractivity contribution in [2.75, 3.05) is 49.6 Å². The first kappa shape index (κ1) is 19.3. The fourth-order valence-corrected chi connectivity index (χ4v) is 4.28. The van der Waals surface area contributed by atoms with Crippen molar-refractivity contribution in [3.63, 3.8) is 0 Å². The quantitative estimate of drug-likeness (QED) is 0.803. The molecule has 6 nitrogen and oxygen atoms in total. The number of methoxy groups -OCH3 is 1. The highest BCUT2D eigenvalue weighted by Gasteiger charge is 2.37. The van der Waals surface area contributed by atoms with Crippen LogP contribution >= 0.6 is 0 Å². The van der Waals surface area contributed by atoms with Crippen molar-refractivity contribution < 1.29 is 9.53 Å². The molecule has 1 atom stereocenters. The molecule has 29 heavy (non-hydrogen) atoms. The van der Waals surface area contributed by atoms with E-state index in [1.54, 1.807) is 19.2 Å². The van der Waals surface area contributed by atoms with Crippen molar-refractivity contribution in [3.05, 3.63) is 54.1 Å². The molecule has 1 amide bonds. The second-order valence-electron chi connectivity index (χ2n) is 7.53. The van der Waals surface area contributed by atoms with E-state index in [9.17, 15) is 4.79 Å². The first-order valence-electron chi connectivity index (χ1n) is 10.1. The normalized spacial score (nSPS) is 20.4. The lowest BCUT2D eigenvalue weighted by molar-refractivity contribution is -0.121. The summed E-state index contributed by atoms with van der Waals surface area (Å²) in [6.45, 7) is 4.44. The standard InChI is InChI=1S/C23H26N4O2/c1-29-21-9-7-19(8-10-21)25-12-2-13-26(16-15-25)22-11-14-27(23(22)28)20-5-3-18(17-24)4-6-20/h3-10,22H,2,11-16H2,1H3/t22-/m1/s1. The summed E-state index contributed by atoms with van der Waals surface area (Å²) in [4.78, 5) is 19.7. The van der Waals surface area contributed by atoms with Gasteiger partial charge in [-0.05, 0) is 61.4 Å². The van der Waals surface area contributed by atoms with Crippen LogP contribution in [0.25, 0.3) is 0 Å². The number of ether oxygens (including phenoxy) is 1. The van der Waals surface area contributed by atoms with E-state index in [-0.39, 0.29) is 11.9 Å². The number of amides is 1. The van der Waals surface area contributed by atoms with Crippen LogP contribution in [0, 0.1) is 11.3 Å². The average molecular weight is 390 g/mol. The summed E-state index contributed by atoms with van der Waals surface area (Å²) in [6.07, 6.45) is 1.88. The molecule has 0 spiro atoms. The molecule has 0 radical (unpaired) electrons. The number of rotatable bonds is 4. The zero-order valence-corrected chi connectivity index (χ0v) is 16.8. The third kappa shape index (κ3) is 4.06. The molecule has 0 aromatic heterocycles. The van der Waals surface area contributed by atoms with Gasteiger partial charge in [-0.25, -0.2) is 0 Å². The molecule has 2 aliphatic rings. The van der Waals surface area contributed by atoms with Crippen LogP contribution in [-0.2, 0) is 4.79 Å². The molecule has 2 fully saturated rings. The summed E-state index contributed by atoms with van der Waals surface area (Å²) < 4.78 is 5.25. The minimum absolute atomic E-state index is 0.0542. The van der Waals surface area contributed by atoms with Crippen LogP contribution in [0.15, 0.2) is 48.5 Å². The zero-order chi connectivity index (χ0) is 20.2. The second kappa shape index (κ2) is 8.54. The van der Waals surface area contributed by atoms with E-state index in [1.807, 2.05) is 29.2 Å². The number of nitrogens with zero attached hydrogens (tertiary/aromatic N) is 4. The van der Waals surface area contributed by atoms with Gasteiger partial charge in [0.15, 0.2) is 0 Å². The number of nitriles is 1. The molecular weight excluding hydrogens is 364 g/mol. The highest BCUT2D eigenvalue weighted by atomic mass is 16.5. The summed E-state index contributed by atoms with van der Waals surface area (Å²) in [5, 5.41) is 8.97. The number of benzene rings is 2. The number of hydrogen-bond donors (Lipinski definition) is 0. The van der Waals surface area contributed by atoms with Crippen molar-refractivity contribution in [2.45, 2.75) is 18.9 Å². The Morgan fingerprint density at radius 3 is 2.34 bits per heavy atom. The molecule has 2 aromatic rings. The molecule has 0 saturated carbocycles. The van der Waals surface area contributed by atoms with Crippen molar-refractivity contribution in [2.24, 2.45) is 0 Å². The third-order valence-corrected chi connectivity index (χ3v) is 5.89. The minimum atomic E-state index is -0.0542. The average Bonchev–Trinajstić information content (AvgIpc) is 2.99. The van der Waals surface area contributed by atoms with Crippen LogP contribution in [0.5, 0.6) is 5.75 Å². The SMILES string of the molecule is COc1ccc(N2CCCN([C@@H]3CCN(c4ccc(C#N)cc4)C3=O)CC2)cc1. The van der Waals surface area contributed by atoms with E-state index in [2.05, 4.69) is 28.0 Å². The Morgan fingerprint density at radius 1 is 0.931 bits per heavy atom. The summed E-state index contributed by atoms with van der Waals surface area (Å²) in [5.41, 5.74) is 2.69. The molecule has 150 valence electrons.